The Bertz CT molecular complexity index is 695. The van der Waals surface area contributed by atoms with Gasteiger partial charge in [-0.1, -0.05) is 12.1 Å². The minimum atomic E-state index is -0.850. The van der Waals surface area contributed by atoms with E-state index >= 15 is 0 Å². The van der Waals surface area contributed by atoms with E-state index < -0.39 is 10.5 Å². The maximum Gasteiger partial charge on any atom is 0.280 e. The van der Waals surface area contributed by atoms with Crippen LogP contribution in [0.3, 0.4) is 0 Å². The quantitative estimate of drug-likeness (QED) is 0.569. The van der Waals surface area contributed by atoms with Crippen molar-refractivity contribution in [3.8, 4) is 11.3 Å². The molecule has 0 saturated carbocycles. The molecule has 2 aromatic rings. The monoisotopic (exact) mass is 333 g/mol. The van der Waals surface area contributed by atoms with Crippen LogP contribution in [0.1, 0.15) is 12.7 Å². The average molecular weight is 333 g/mol. The summed E-state index contributed by atoms with van der Waals surface area (Å²) in [7, 11) is 3.81. The van der Waals surface area contributed by atoms with Crippen molar-refractivity contribution < 1.29 is 14.4 Å². The third kappa shape index (κ3) is 4.89. The highest BCUT2D eigenvalue weighted by Gasteiger charge is 2.21. The predicted molar refractivity (Wildman–Crippen MR) is 91.7 cm³/mol. The van der Waals surface area contributed by atoms with Crippen LogP contribution < -0.4 is 5.32 Å². The van der Waals surface area contributed by atoms with E-state index in [2.05, 4.69) is 5.32 Å². The van der Waals surface area contributed by atoms with Gasteiger partial charge in [0, 0.05) is 19.2 Å². The molecule has 0 spiro atoms. The van der Waals surface area contributed by atoms with Crippen LogP contribution in [0.25, 0.3) is 11.3 Å². The molecule has 0 aliphatic rings. The van der Waals surface area contributed by atoms with Crippen molar-refractivity contribution in [3.05, 3.63) is 52.3 Å². The van der Waals surface area contributed by atoms with Gasteiger partial charge in [0.2, 0.25) is 0 Å². The Hall–Kier alpha value is -2.22. The lowest BCUT2D eigenvalue weighted by Gasteiger charge is -2.27. The molecule has 0 saturated heterocycles. The zero-order valence-corrected chi connectivity index (χ0v) is 14.2. The second-order valence-corrected chi connectivity index (χ2v) is 6.38. The van der Waals surface area contributed by atoms with Crippen molar-refractivity contribution in [2.24, 2.45) is 0 Å². The Labute approximate surface area is 141 Å². The van der Waals surface area contributed by atoms with E-state index in [1.165, 1.54) is 6.07 Å². The molecule has 0 amide bonds. The molecule has 0 bridgehead atoms. The van der Waals surface area contributed by atoms with Crippen molar-refractivity contribution >= 4 is 5.69 Å². The number of nitro groups is 1. The normalized spacial score (nSPS) is 13.9. The fourth-order valence-corrected chi connectivity index (χ4v) is 2.65. The summed E-state index contributed by atoms with van der Waals surface area (Å²) < 4.78 is 5.70. The second-order valence-electron chi connectivity index (χ2n) is 6.38. The van der Waals surface area contributed by atoms with Crippen LogP contribution >= 0.6 is 0 Å². The number of aliphatic hydroxyl groups is 1. The Balaban J connectivity index is 2.01. The zero-order valence-electron chi connectivity index (χ0n) is 14.2. The van der Waals surface area contributed by atoms with Gasteiger partial charge in [0.25, 0.3) is 5.69 Å². The predicted octanol–water partition coefficient (Wildman–Crippen LogP) is 2.26. The Kier molecular flexibility index (Phi) is 5.71. The number of furan rings is 1. The molecule has 7 nitrogen and oxygen atoms in total. The average Bonchev–Trinajstić information content (AvgIpc) is 2.94. The molecule has 0 radical (unpaired) electrons. The molecular weight excluding hydrogens is 310 g/mol. The van der Waals surface area contributed by atoms with Crippen molar-refractivity contribution in [2.75, 3.05) is 27.2 Å². The van der Waals surface area contributed by atoms with Gasteiger partial charge in [-0.25, -0.2) is 0 Å². The molecule has 24 heavy (non-hydrogen) atoms. The minimum Gasteiger partial charge on any atom is -0.459 e. The Morgan fingerprint density at radius 2 is 2.00 bits per heavy atom. The molecule has 1 atom stereocenters. The third-order valence-electron chi connectivity index (χ3n) is 3.49. The number of benzene rings is 1. The molecule has 1 aromatic carbocycles. The van der Waals surface area contributed by atoms with Crippen LogP contribution in [0.5, 0.6) is 0 Å². The van der Waals surface area contributed by atoms with E-state index in [0.717, 1.165) is 0 Å². The number of rotatable bonds is 8. The van der Waals surface area contributed by atoms with Crippen LogP contribution in [0.15, 0.2) is 40.8 Å². The van der Waals surface area contributed by atoms with E-state index in [-0.39, 0.29) is 5.69 Å². The summed E-state index contributed by atoms with van der Waals surface area (Å²) in [6, 6.07) is 9.97. The summed E-state index contributed by atoms with van der Waals surface area (Å²) in [4.78, 5) is 12.6. The van der Waals surface area contributed by atoms with Crippen molar-refractivity contribution in [3.63, 3.8) is 0 Å². The standard InChI is InChI=1S/C17H23N3O4/c1-17(21,12-19(2)3)11-18-10-13-8-9-16(24-13)14-6-4-5-7-15(14)20(22)23/h4-9,18,21H,10-12H2,1-3H3. The highest BCUT2D eigenvalue weighted by atomic mass is 16.6. The first-order chi connectivity index (χ1) is 11.3. The van der Waals surface area contributed by atoms with Crippen LogP contribution in [-0.4, -0.2) is 47.7 Å². The van der Waals surface area contributed by atoms with E-state index in [9.17, 15) is 15.2 Å². The zero-order chi connectivity index (χ0) is 17.7. The van der Waals surface area contributed by atoms with Crippen molar-refractivity contribution in [1.29, 1.82) is 0 Å². The van der Waals surface area contributed by atoms with Gasteiger partial charge in [-0.3, -0.25) is 10.1 Å². The summed E-state index contributed by atoms with van der Waals surface area (Å²) >= 11 is 0. The highest BCUT2D eigenvalue weighted by molar-refractivity contribution is 5.69. The van der Waals surface area contributed by atoms with Crippen LogP contribution in [-0.2, 0) is 6.54 Å². The van der Waals surface area contributed by atoms with Gasteiger partial charge >= 0.3 is 0 Å². The summed E-state index contributed by atoms with van der Waals surface area (Å²) in [5, 5.41) is 24.5. The largest absolute Gasteiger partial charge is 0.459 e. The first kappa shape index (κ1) is 18.1. The van der Waals surface area contributed by atoms with Gasteiger partial charge in [0.05, 0.1) is 22.6 Å². The molecule has 7 heteroatoms. The molecule has 0 fully saturated rings. The smallest absolute Gasteiger partial charge is 0.280 e. The van der Waals surface area contributed by atoms with Crippen LogP contribution in [0.4, 0.5) is 5.69 Å². The fraction of sp³-hybridized carbons (Fsp3) is 0.412. The van der Waals surface area contributed by atoms with Gasteiger partial charge in [0.1, 0.15) is 11.5 Å². The molecule has 1 heterocycles. The number of likely N-dealkylation sites (N-methyl/N-ethyl adjacent to an activating group) is 1. The highest BCUT2D eigenvalue weighted by Crippen LogP contribution is 2.30. The van der Waals surface area contributed by atoms with Crippen LogP contribution in [0, 0.1) is 10.1 Å². The maximum atomic E-state index is 11.1. The number of nitro benzene ring substituents is 1. The summed E-state index contributed by atoms with van der Waals surface area (Å²) in [6.45, 7) is 3.15. The third-order valence-corrected chi connectivity index (χ3v) is 3.49. The molecule has 1 unspecified atom stereocenters. The van der Waals surface area contributed by atoms with Gasteiger partial charge in [-0.05, 0) is 39.2 Å². The lowest BCUT2D eigenvalue weighted by molar-refractivity contribution is -0.384. The summed E-state index contributed by atoms with van der Waals surface area (Å²) in [5.41, 5.74) is -0.384. The summed E-state index contributed by atoms with van der Waals surface area (Å²) in [6.07, 6.45) is 0. The lowest BCUT2D eigenvalue weighted by atomic mass is 10.1. The molecule has 0 aliphatic carbocycles. The molecular formula is C17H23N3O4. The minimum absolute atomic E-state index is 0.0141. The Morgan fingerprint density at radius 3 is 2.67 bits per heavy atom. The second kappa shape index (κ2) is 7.57. The fourth-order valence-electron chi connectivity index (χ4n) is 2.65. The first-order valence-electron chi connectivity index (χ1n) is 7.69. The van der Waals surface area contributed by atoms with E-state index in [1.54, 1.807) is 37.3 Å². The van der Waals surface area contributed by atoms with Gasteiger partial charge < -0.3 is 19.7 Å². The van der Waals surface area contributed by atoms with Crippen molar-refractivity contribution in [2.45, 2.75) is 19.1 Å². The molecule has 2 N–H and O–H groups in total. The number of hydrogen-bond acceptors (Lipinski definition) is 6. The van der Waals surface area contributed by atoms with Gasteiger partial charge in [0.15, 0.2) is 0 Å². The molecule has 2 rings (SSSR count). The Morgan fingerprint density at radius 1 is 1.29 bits per heavy atom. The van der Waals surface area contributed by atoms with E-state index in [4.69, 9.17) is 4.42 Å². The number of nitrogens with zero attached hydrogens (tertiary/aromatic N) is 2. The van der Waals surface area contributed by atoms with Crippen LogP contribution in [0.2, 0.25) is 0 Å². The van der Waals surface area contributed by atoms with Crippen molar-refractivity contribution in [1.82, 2.24) is 10.2 Å². The lowest BCUT2D eigenvalue weighted by Crippen LogP contribution is -2.45. The topological polar surface area (TPSA) is 91.8 Å². The van der Waals surface area contributed by atoms with Gasteiger partial charge in [-0.15, -0.1) is 0 Å². The number of nitrogens with one attached hydrogen (secondary N) is 1. The van der Waals surface area contributed by atoms with Gasteiger partial charge in [-0.2, -0.15) is 0 Å². The first-order valence-corrected chi connectivity index (χ1v) is 7.69. The van der Waals surface area contributed by atoms with E-state index in [1.807, 2.05) is 19.0 Å². The number of hydrogen-bond donors (Lipinski definition) is 2. The maximum absolute atomic E-state index is 11.1. The molecule has 130 valence electrons. The number of para-hydroxylation sites is 1. The van der Waals surface area contributed by atoms with E-state index in [0.29, 0.717) is 36.7 Å². The molecule has 1 aromatic heterocycles. The SMILES string of the molecule is CN(C)CC(C)(O)CNCc1ccc(-c2ccccc2[N+](=O)[O-])o1. The summed E-state index contributed by atoms with van der Waals surface area (Å²) in [5.74, 6) is 1.11. The molecule has 0 aliphatic heterocycles.